The third kappa shape index (κ3) is 6.25. The number of hydrogen-bond donors (Lipinski definition) is 3. The Labute approximate surface area is 165 Å². The molecule has 2 aromatic rings. The van der Waals surface area contributed by atoms with Gasteiger partial charge in [-0.2, -0.15) is 0 Å². The molecule has 0 spiro atoms. The predicted molar refractivity (Wildman–Crippen MR) is 106 cm³/mol. The van der Waals surface area contributed by atoms with Gasteiger partial charge in [0.15, 0.2) is 6.61 Å². The fraction of sp³-hybridized carbons (Fsp3) is 0.409. The summed E-state index contributed by atoms with van der Waals surface area (Å²) in [5, 5.41) is 22.4. The van der Waals surface area contributed by atoms with Gasteiger partial charge in [0.05, 0.1) is 0 Å². The van der Waals surface area contributed by atoms with E-state index in [2.05, 4.69) is 5.32 Å². The number of rotatable bonds is 9. The summed E-state index contributed by atoms with van der Waals surface area (Å²) < 4.78 is 10.9. The quantitative estimate of drug-likeness (QED) is 0.575. The first-order chi connectivity index (χ1) is 13.6. The molecule has 3 N–H and O–H groups in total. The number of aliphatic carboxylic acids is 1. The molecule has 0 bridgehead atoms. The zero-order chi connectivity index (χ0) is 19.8. The van der Waals surface area contributed by atoms with Crippen LogP contribution in [0.15, 0.2) is 48.5 Å². The summed E-state index contributed by atoms with van der Waals surface area (Å²) in [6.45, 7) is 0.365. The topological polar surface area (TPSA) is 88.0 Å². The summed E-state index contributed by atoms with van der Waals surface area (Å²) in [7, 11) is 0. The number of benzene rings is 2. The molecule has 6 heteroatoms. The van der Waals surface area contributed by atoms with E-state index >= 15 is 0 Å². The fourth-order valence-corrected chi connectivity index (χ4v) is 3.42. The van der Waals surface area contributed by atoms with Crippen molar-refractivity contribution in [3.8, 4) is 11.5 Å². The van der Waals surface area contributed by atoms with Crippen molar-refractivity contribution in [3.05, 3.63) is 59.7 Å². The second kappa shape index (κ2) is 10.1. The van der Waals surface area contributed by atoms with E-state index in [4.69, 9.17) is 14.6 Å². The van der Waals surface area contributed by atoms with Gasteiger partial charge < -0.3 is 25.0 Å². The highest BCUT2D eigenvalue weighted by Crippen LogP contribution is 2.25. The monoisotopic (exact) mass is 385 g/mol. The molecule has 0 saturated carbocycles. The second-order valence-electron chi connectivity index (χ2n) is 7.09. The van der Waals surface area contributed by atoms with Crippen LogP contribution in [0.3, 0.4) is 0 Å². The van der Waals surface area contributed by atoms with Crippen molar-refractivity contribution in [1.82, 2.24) is 5.32 Å². The molecule has 2 atom stereocenters. The molecule has 6 nitrogen and oxygen atoms in total. The predicted octanol–water partition coefficient (Wildman–Crippen LogP) is 2.43. The van der Waals surface area contributed by atoms with Crippen LogP contribution in [-0.2, 0) is 17.6 Å². The Morgan fingerprint density at radius 1 is 1.11 bits per heavy atom. The second-order valence-corrected chi connectivity index (χ2v) is 7.09. The third-order valence-corrected chi connectivity index (χ3v) is 4.83. The summed E-state index contributed by atoms with van der Waals surface area (Å²) in [6, 6.07) is 15.5. The number of nitrogens with one attached hydrogen (secondary N) is 1. The molecule has 1 aliphatic carbocycles. The molecule has 0 heterocycles. The first-order valence-corrected chi connectivity index (χ1v) is 9.66. The lowest BCUT2D eigenvalue weighted by Crippen LogP contribution is -2.39. The van der Waals surface area contributed by atoms with Crippen LogP contribution in [-0.4, -0.2) is 48.1 Å². The maximum Gasteiger partial charge on any atom is 0.341 e. The fourth-order valence-electron chi connectivity index (χ4n) is 3.42. The number of carbonyl (C=O) groups is 1. The molecule has 3 rings (SSSR count). The van der Waals surface area contributed by atoms with Gasteiger partial charge >= 0.3 is 5.97 Å². The first-order valence-electron chi connectivity index (χ1n) is 9.66. The molecule has 0 fully saturated rings. The van der Waals surface area contributed by atoms with Crippen LogP contribution in [0.2, 0.25) is 0 Å². The van der Waals surface area contributed by atoms with Crippen molar-refractivity contribution < 1.29 is 24.5 Å². The molecule has 150 valence electrons. The summed E-state index contributed by atoms with van der Waals surface area (Å²) in [5.41, 5.74) is 2.45. The van der Waals surface area contributed by atoms with Gasteiger partial charge in [-0.05, 0) is 61.1 Å². The summed E-state index contributed by atoms with van der Waals surface area (Å²) in [4.78, 5) is 10.7. The van der Waals surface area contributed by atoms with E-state index in [1.54, 1.807) is 0 Å². The van der Waals surface area contributed by atoms with Gasteiger partial charge in [-0.3, -0.25) is 0 Å². The van der Waals surface area contributed by atoms with E-state index in [-0.39, 0.29) is 19.3 Å². The van der Waals surface area contributed by atoms with Crippen LogP contribution < -0.4 is 14.8 Å². The standard InChI is InChI=1S/C22H27NO5/c24-19(14-27-20-7-2-1-3-8-20)13-23-18-6-4-5-16-9-10-21(12-17(16)11-18)28-15-22(25)26/h1-3,7-10,12,18-19,23-24H,4-6,11,13-15H2,(H,25,26)/t18-,19+/m1/s1. The van der Waals surface area contributed by atoms with Gasteiger partial charge in [0.25, 0.3) is 0 Å². The Kier molecular flexibility index (Phi) is 7.28. The lowest BCUT2D eigenvalue weighted by molar-refractivity contribution is -0.139. The van der Waals surface area contributed by atoms with E-state index in [0.717, 1.165) is 31.4 Å². The number of carboxylic acid groups (broad SMARTS) is 1. The number of para-hydroxylation sites is 1. The largest absolute Gasteiger partial charge is 0.491 e. The van der Waals surface area contributed by atoms with Crippen molar-refractivity contribution in [2.45, 2.75) is 37.8 Å². The maximum absolute atomic E-state index is 10.7. The van der Waals surface area contributed by atoms with E-state index in [1.165, 1.54) is 11.1 Å². The Morgan fingerprint density at radius 3 is 2.71 bits per heavy atom. The lowest BCUT2D eigenvalue weighted by Gasteiger charge is -2.20. The molecular formula is C22H27NO5. The van der Waals surface area contributed by atoms with Crippen molar-refractivity contribution in [2.24, 2.45) is 0 Å². The molecule has 0 amide bonds. The zero-order valence-corrected chi connectivity index (χ0v) is 15.8. The van der Waals surface area contributed by atoms with E-state index < -0.39 is 12.1 Å². The van der Waals surface area contributed by atoms with Crippen LogP contribution in [0.4, 0.5) is 0 Å². The Morgan fingerprint density at radius 2 is 1.93 bits per heavy atom. The Hall–Kier alpha value is -2.57. The smallest absolute Gasteiger partial charge is 0.341 e. The van der Waals surface area contributed by atoms with Gasteiger partial charge in [-0.15, -0.1) is 0 Å². The Bertz CT molecular complexity index is 765. The SMILES string of the molecule is O=C(O)COc1ccc2c(c1)C[C@H](NC[C@H](O)COc1ccccc1)CCC2. The minimum Gasteiger partial charge on any atom is -0.491 e. The number of aliphatic hydroxyl groups excluding tert-OH is 1. The molecule has 0 saturated heterocycles. The molecule has 28 heavy (non-hydrogen) atoms. The van der Waals surface area contributed by atoms with Crippen molar-refractivity contribution in [2.75, 3.05) is 19.8 Å². The van der Waals surface area contributed by atoms with Crippen LogP contribution >= 0.6 is 0 Å². The Balaban J connectivity index is 1.50. The molecule has 0 unspecified atom stereocenters. The highest BCUT2D eigenvalue weighted by atomic mass is 16.5. The van der Waals surface area contributed by atoms with Crippen LogP contribution in [0.25, 0.3) is 0 Å². The normalized spacial score (nSPS) is 17.2. The molecule has 1 aliphatic rings. The van der Waals surface area contributed by atoms with Gasteiger partial charge in [-0.1, -0.05) is 24.3 Å². The highest BCUT2D eigenvalue weighted by Gasteiger charge is 2.18. The average molecular weight is 385 g/mol. The molecule has 0 radical (unpaired) electrons. The molecule has 2 aromatic carbocycles. The summed E-state index contributed by atoms with van der Waals surface area (Å²) in [6.07, 6.45) is 3.31. The zero-order valence-electron chi connectivity index (χ0n) is 15.8. The number of fused-ring (bicyclic) bond motifs is 1. The lowest BCUT2D eigenvalue weighted by atomic mass is 10.0. The summed E-state index contributed by atoms with van der Waals surface area (Å²) >= 11 is 0. The minimum absolute atomic E-state index is 0.244. The number of ether oxygens (including phenoxy) is 2. The van der Waals surface area contributed by atoms with Crippen LogP contribution in [0, 0.1) is 0 Å². The molecule has 0 aliphatic heterocycles. The van der Waals surface area contributed by atoms with Crippen molar-refractivity contribution >= 4 is 5.97 Å². The maximum atomic E-state index is 10.7. The number of hydrogen-bond acceptors (Lipinski definition) is 5. The van der Waals surface area contributed by atoms with E-state index in [1.807, 2.05) is 48.5 Å². The number of aryl methyl sites for hydroxylation is 1. The van der Waals surface area contributed by atoms with E-state index in [9.17, 15) is 9.90 Å². The molecule has 0 aromatic heterocycles. The highest BCUT2D eigenvalue weighted by molar-refractivity contribution is 5.68. The van der Waals surface area contributed by atoms with Gasteiger partial charge in [0.2, 0.25) is 0 Å². The third-order valence-electron chi connectivity index (χ3n) is 4.83. The van der Waals surface area contributed by atoms with Crippen molar-refractivity contribution in [1.29, 1.82) is 0 Å². The van der Waals surface area contributed by atoms with Gasteiger partial charge in [0, 0.05) is 12.6 Å². The van der Waals surface area contributed by atoms with Gasteiger partial charge in [0.1, 0.15) is 24.2 Å². The number of aliphatic hydroxyl groups is 1. The molecular weight excluding hydrogens is 358 g/mol. The van der Waals surface area contributed by atoms with Crippen LogP contribution in [0.1, 0.15) is 24.0 Å². The van der Waals surface area contributed by atoms with Crippen molar-refractivity contribution in [3.63, 3.8) is 0 Å². The number of carboxylic acids is 1. The summed E-state index contributed by atoms with van der Waals surface area (Å²) in [5.74, 6) is 0.345. The minimum atomic E-state index is -0.985. The average Bonchev–Trinajstić information content (AvgIpc) is 2.91. The van der Waals surface area contributed by atoms with E-state index in [0.29, 0.717) is 12.3 Å². The van der Waals surface area contributed by atoms with Gasteiger partial charge in [-0.25, -0.2) is 4.79 Å². The van der Waals surface area contributed by atoms with Crippen LogP contribution in [0.5, 0.6) is 11.5 Å². The first kappa shape index (κ1) is 20.2.